The monoisotopic (exact) mass is 278 g/mol. The number of nitrogens with zero attached hydrogens (tertiary/aromatic N) is 1. The second kappa shape index (κ2) is 5.69. The fourth-order valence-electron chi connectivity index (χ4n) is 3.18. The van der Waals surface area contributed by atoms with Crippen LogP contribution in [0.25, 0.3) is 0 Å². The predicted octanol–water partition coefficient (Wildman–Crippen LogP) is 2.30. The molecule has 0 spiro atoms. The number of nitrogens with two attached hydrogens (primary N) is 1. The zero-order chi connectivity index (χ0) is 14.0. The first-order valence-corrected chi connectivity index (χ1v) is 6.99. The molecule has 0 aromatic heterocycles. The number of amides is 1. The highest BCUT2D eigenvalue weighted by molar-refractivity contribution is 5.79. The number of piperidine rings is 1. The van der Waals surface area contributed by atoms with E-state index in [2.05, 4.69) is 0 Å². The predicted molar refractivity (Wildman–Crippen MR) is 65.3 cm³/mol. The van der Waals surface area contributed by atoms with Crippen molar-refractivity contribution in [3.63, 3.8) is 0 Å². The van der Waals surface area contributed by atoms with Crippen molar-refractivity contribution in [3.8, 4) is 0 Å². The van der Waals surface area contributed by atoms with Gasteiger partial charge >= 0.3 is 6.18 Å². The summed E-state index contributed by atoms with van der Waals surface area (Å²) in [5.41, 5.74) is 5.82. The standard InChI is InChI=1S/C13H21F3N2O/c14-13(15,16)10-4-1-3-9(7-10)12(19)18-6-2-5-11(17)8-18/h9-11H,1-8,17H2/t9?,10?,11-/m1/s1. The third kappa shape index (κ3) is 3.61. The molecule has 0 bridgehead atoms. The van der Waals surface area contributed by atoms with Crippen LogP contribution >= 0.6 is 0 Å². The van der Waals surface area contributed by atoms with Gasteiger partial charge in [-0.1, -0.05) is 6.42 Å². The smallest absolute Gasteiger partial charge is 0.341 e. The number of hydrogen-bond donors (Lipinski definition) is 1. The fourth-order valence-corrected chi connectivity index (χ4v) is 3.18. The molecule has 0 aromatic carbocycles. The Morgan fingerprint density at radius 2 is 1.89 bits per heavy atom. The number of hydrogen-bond acceptors (Lipinski definition) is 2. The van der Waals surface area contributed by atoms with Gasteiger partial charge in [0.1, 0.15) is 0 Å². The van der Waals surface area contributed by atoms with E-state index in [9.17, 15) is 18.0 Å². The molecule has 1 aliphatic heterocycles. The Labute approximate surface area is 111 Å². The first kappa shape index (κ1) is 14.6. The van der Waals surface area contributed by atoms with Crippen molar-refractivity contribution in [2.75, 3.05) is 13.1 Å². The summed E-state index contributed by atoms with van der Waals surface area (Å²) in [6.45, 7) is 1.13. The van der Waals surface area contributed by atoms with Crippen LogP contribution in [0.15, 0.2) is 0 Å². The highest BCUT2D eigenvalue weighted by atomic mass is 19.4. The minimum Gasteiger partial charge on any atom is -0.341 e. The lowest BCUT2D eigenvalue weighted by Gasteiger charge is -2.36. The van der Waals surface area contributed by atoms with Gasteiger partial charge in [-0.05, 0) is 32.1 Å². The molecule has 1 amide bonds. The van der Waals surface area contributed by atoms with E-state index in [1.165, 1.54) is 0 Å². The molecule has 1 heterocycles. The Morgan fingerprint density at radius 3 is 2.53 bits per heavy atom. The van der Waals surface area contributed by atoms with Crippen LogP contribution in [0, 0.1) is 11.8 Å². The van der Waals surface area contributed by atoms with Gasteiger partial charge in [-0.25, -0.2) is 0 Å². The van der Waals surface area contributed by atoms with Gasteiger partial charge in [0.25, 0.3) is 0 Å². The van der Waals surface area contributed by atoms with Gasteiger partial charge in [0.2, 0.25) is 5.91 Å². The zero-order valence-corrected chi connectivity index (χ0v) is 11.0. The average molecular weight is 278 g/mol. The van der Waals surface area contributed by atoms with Gasteiger partial charge in [-0.3, -0.25) is 4.79 Å². The summed E-state index contributed by atoms with van der Waals surface area (Å²) in [5, 5.41) is 0. The van der Waals surface area contributed by atoms with Gasteiger partial charge in [0.05, 0.1) is 5.92 Å². The summed E-state index contributed by atoms with van der Waals surface area (Å²) in [6, 6.07) is -0.0281. The molecule has 19 heavy (non-hydrogen) atoms. The highest BCUT2D eigenvalue weighted by Crippen LogP contribution is 2.40. The van der Waals surface area contributed by atoms with E-state index in [4.69, 9.17) is 5.73 Å². The summed E-state index contributed by atoms with van der Waals surface area (Å²) >= 11 is 0. The van der Waals surface area contributed by atoms with Gasteiger partial charge in [-0.2, -0.15) is 13.2 Å². The quantitative estimate of drug-likeness (QED) is 0.800. The van der Waals surface area contributed by atoms with Crippen molar-refractivity contribution in [1.82, 2.24) is 4.90 Å². The molecule has 1 aliphatic carbocycles. The molecule has 2 rings (SSSR count). The van der Waals surface area contributed by atoms with Gasteiger partial charge < -0.3 is 10.6 Å². The summed E-state index contributed by atoms with van der Waals surface area (Å²) in [6.07, 6.45) is -1.25. The topological polar surface area (TPSA) is 46.3 Å². The molecular formula is C13H21F3N2O. The third-order valence-electron chi connectivity index (χ3n) is 4.26. The van der Waals surface area contributed by atoms with E-state index in [0.29, 0.717) is 25.9 Å². The van der Waals surface area contributed by atoms with Crippen LogP contribution in [0.2, 0.25) is 0 Å². The van der Waals surface area contributed by atoms with Crippen molar-refractivity contribution in [2.45, 2.75) is 50.7 Å². The van der Waals surface area contributed by atoms with E-state index >= 15 is 0 Å². The normalized spacial score (nSPS) is 33.3. The van der Waals surface area contributed by atoms with Crippen molar-refractivity contribution in [1.29, 1.82) is 0 Å². The van der Waals surface area contributed by atoms with Crippen LogP contribution in [0.1, 0.15) is 38.5 Å². The lowest BCUT2D eigenvalue weighted by atomic mass is 9.80. The number of carbonyl (C=O) groups is 1. The molecule has 0 radical (unpaired) electrons. The number of alkyl halides is 3. The van der Waals surface area contributed by atoms with Gasteiger partial charge in [0, 0.05) is 25.0 Å². The first-order valence-electron chi connectivity index (χ1n) is 6.99. The van der Waals surface area contributed by atoms with Crippen molar-refractivity contribution >= 4 is 5.91 Å². The van der Waals surface area contributed by atoms with Gasteiger partial charge in [-0.15, -0.1) is 0 Å². The Kier molecular flexibility index (Phi) is 4.38. The third-order valence-corrected chi connectivity index (χ3v) is 4.26. The lowest BCUT2D eigenvalue weighted by Crippen LogP contribution is -2.48. The van der Waals surface area contributed by atoms with E-state index < -0.39 is 18.0 Å². The Hall–Kier alpha value is -0.780. The van der Waals surface area contributed by atoms with Crippen LogP contribution < -0.4 is 5.73 Å². The second-order valence-electron chi connectivity index (χ2n) is 5.79. The first-order chi connectivity index (χ1) is 8.88. The second-order valence-corrected chi connectivity index (χ2v) is 5.79. The zero-order valence-electron chi connectivity index (χ0n) is 11.0. The van der Waals surface area contributed by atoms with Crippen LogP contribution in [0.4, 0.5) is 13.2 Å². The molecule has 6 heteroatoms. The van der Waals surface area contributed by atoms with Crippen molar-refractivity contribution in [2.24, 2.45) is 17.6 Å². The summed E-state index contributed by atoms with van der Waals surface area (Å²) in [7, 11) is 0. The molecule has 1 saturated carbocycles. The maximum Gasteiger partial charge on any atom is 0.391 e. The van der Waals surface area contributed by atoms with Crippen LogP contribution in [-0.4, -0.2) is 36.1 Å². The molecule has 2 N–H and O–H groups in total. The van der Waals surface area contributed by atoms with Crippen LogP contribution in [0.3, 0.4) is 0 Å². The molecule has 2 unspecified atom stereocenters. The van der Waals surface area contributed by atoms with Crippen LogP contribution in [-0.2, 0) is 4.79 Å². The Morgan fingerprint density at radius 1 is 1.16 bits per heavy atom. The number of halogens is 3. The van der Waals surface area contributed by atoms with Crippen molar-refractivity contribution < 1.29 is 18.0 Å². The largest absolute Gasteiger partial charge is 0.391 e. The molecule has 110 valence electrons. The molecule has 3 nitrogen and oxygen atoms in total. The van der Waals surface area contributed by atoms with Gasteiger partial charge in [0.15, 0.2) is 0 Å². The summed E-state index contributed by atoms with van der Waals surface area (Å²) < 4.78 is 38.2. The van der Waals surface area contributed by atoms with E-state index in [0.717, 1.165) is 12.8 Å². The molecular weight excluding hydrogens is 257 g/mol. The van der Waals surface area contributed by atoms with E-state index in [-0.39, 0.29) is 24.8 Å². The van der Waals surface area contributed by atoms with Crippen molar-refractivity contribution in [3.05, 3.63) is 0 Å². The molecule has 0 aromatic rings. The number of likely N-dealkylation sites (tertiary alicyclic amines) is 1. The van der Waals surface area contributed by atoms with Crippen LogP contribution in [0.5, 0.6) is 0 Å². The average Bonchev–Trinajstić information content (AvgIpc) is 2.37. The maximum atomic E-state index is 12.7. The Bertz CT molecular complexity index is 332. The minimum atomic E-state index is -4.17. The lowest BCUT2D eigenvalue weighted by molar-refractivity contribution is -0.187. The highest BCUT2D eigenvalue weighted by Gasteiger charge is 2.44. The van der Waals surface area contributed by atoms with E-state index in [1.54, 1.807) is 4.90 Å². The number of rotatable bonds is 1. The molecule has 2 aliphatic rings. The summed E-state index contributed by atoms with van der Waals surface area (Å²) in [5.74, 6) is -1.90. The fraction of sp³-hybridized carbons (Fsp3) is 0.923. The number of carbonyl (C=O) groups excluding carboxylic acids is 1. The summed E-state index contributed by atoms with van der Waals surface area (Å²) in [4.78, 5) is 13.9. The molecule has 2 fully saturated rings. The molecule has 1 saturated heterocycles. The molecule has 3 atom stereocenters. The minimum absolute atomic E-state index is 0.0281. The van der Waals surface area contributed by atoms with E-state index in [1.807, 2.05) is 0 Å². The maximum absolute atomic E-state index is 12.7. The Balaban J connectivity index is 1.95. The SMILES string of the molecule is N[C@@H]1CCCN(C(=O)C2CCCC(C(F)(F)F)C2)C1.